The monoisotopic (exact) mass is 657 g/mol. The van der Waals surface area contributed by atoms with E-state index in [-0.39, 0.29) is 58.8 Å². The number of hydrogen-bond donors (Lipinski definition) is 5. The molecule has 0 aromatic heterocycles. The van der Waals surface area contributed by atoms with E-state index >= 15 is 0 Å². The van der Waals surface area contributed by atoms with E-state index in [0.717, 1.165) is 62.7 Å². The second-order valence-electron chi connectivity index (χ2n) is 15.7. The molecule has 9 heteroatoms. The van der Waals surface area contributed by atoms with Gasteiger partial charge < -0.3 is 31.7 Å². The van der Waals surface area contributed by atoms with Crippen molar-refractivity contribution in [2.45, 2.75) is 96.7 Å². The molecule has 6 N–H and O–H groups in total. The molecular weight excluding hydrogens is 602 g/mol. The number of carbonyl (C=O) groups is 3. The van der Waals surface area contributed by atoms with Crippen molar-refractivity contribution >= 4 is 29.4 Å². The number of methoxy groups -OCH3 is 1. The Bertz CT molecular complexity index is 1440. The Morgan fingerprint density at radius 1 is 0.854 bits per heavy atom. The first kappa shape index (κ1) is 34.3. The lowest BCUT2D eigenvalue weighted by Crippen LogP contribution is -2.68. The van der Waals surface area contributed by atoms with E-state index in [1.165, 1.54) is 7.11 Å². The molecule has 2 aromatic carbocycles. The molecule has 4 amide bonds. The minimum Gasteiger partial charge on any atom is -0.469 e. The van der Waals surface area contributed by atoms with Crippen LogP contribution in [0.25, 0.3) is 0 Å². The predicted octanol–water partition coefficient (Wildman–Crippen LogP) is 7.16. The summed E-state index contributed by atoms with van der Waals surface area (Å²) in [4.78, 5) is 39.5. The Balaban J connectivity index is 1.34. The Hall–Kier alpha value is -3.59. The van der Waals surface area contributed by atoms with Crippen LogP contribution in [0, 0.1) is 46.3 Å². The third-order valence-electron chi connectivity index (χ3n) is 13.4. The van der Waals surface area contributed by atoms with E-state index in [1.807, 2.05) is 60.7 Å². The molecule has 11 atom stereocenters. The highest BCUT2D eigenvalue weighted by atomic mass is 16.5. The lowest BCUT2D eigenvalue weighted by molar-refractivity contribution is -0.143. The van der Waals surface area contributed by atoms with Gasteiger partial charge in [-0.2, -0.15) is 0 Å². The third kappa shape index (κ3) is 6.67. The molecule has 2 aromatic rings. The molecule has 4 aliphatic rings. The third-order valence-corrected chi connectivity index (χ3v) is 13.4. The van der Waals surface area contributed by atoms with Gasteiger partial charge in [0.25, 0.3) is 0 Å². The number of amides is 4. The molecule has 0 heterocycles. The van der Waals surface area contributed by atoms with E-state index in [2.05, 4.69) is 42.0 Å². The van der Waals surface area contributed by atoms with E-state index in [9.17, 15) is 14.4 Å². The van der Waals surface area contributed by atoms with Gasteiger partial charge in [-0.1, -0.05) is 57.2 Å². The van der Waals surface area contributed by atoms with Gasteiger partial charge in [0.2, 0.25) is 0 Å². The Morgan fingerprint density at radius 3 is 2.10 bits per heavy atom. The molecule has 0 spiro atoms. The summed E-state index contributed by atoms with van der Waals surface area (Å²) in [6.45, 7) is 7.12. The average Bonchev–Trinajstić information content (AvgIpc) is 3.43. The van der Waals surface area contributed by atoms with Crippen molar-refractivity contribution in [3.63, 3.8) is 0 Å². The summed E-state index contributed by atoms with van der Waals surface area (Å²) >= 11 is 0. The lowest BCUT2D eigenvalue weighted by Gasteiger charge is -2.65. The lowest BCUT2D eigenvalue weighted by atomic mass is 9.42. The number of fused-ring (bicyclic) bond motifs is 5. The van der Waals surface area contributed by atoms with Crippen LogP contribution in [-0.2, 0) is 9.53 Å². The molecule has 4 saturated carbocycles. The fraction of sp³-hybridized carbons (Fsp3) is 0.615. The second-order valence-corrected chi connectivity index (χ2v) is 15.7. The Kier molecular flexibility index (Phi) is 10.1. The molecule has 48 heavy (non-hydrogen) atoms. The molecule has 0 radical (unpaired) electrons. The molecule has 0 unspecified atom stereocenters. The average molecular weight is 658 g/mol. The normalized spacial score (nSPS) is 35.9. The molecule has 0 bridgehead atoms. The van der Waals surface area contributed by atoms with Crippen molar-refractivity contribution in [2.75, 3.05) is 17.7 Å². The van der Waals surface area contributed by atoms with Crippen LogP contribution in [0.3, 0.4) is 0 Å². The zero-order valence-corrected chi connectivity index (χ0v) is 29.0. The summed E-state index contributed by atoms with van der Waals surface area (Å²) in [6.07, 6.45) is 7.98. The number of nitrogens with one attached hydrogen (secondary N) is 4. The van der Waals surface area contributed by atoms with Crippen LogP contribution in [0.5, 0.6) is 0 Å². The van der Waals surface area contributed by atoms with E-state index in [0.29, 0.717) is 30.1 Å². The van der Waals surface area contributed by atoms with Gasteiger partial charge in [-0.25, -0.2) is 9.59 Å². The number of benzene rings is 2. The number of ether oxygens (including phenoxy) is 1. The molecule has 6 rings (SSSR count). The highest BCUT2D eigenvalue weighted by Crippen LogP contribution is 2.68. The SMILES string of the molecule is COC(=O)CC[C@@H](C)[C@H]1CC[C@H]2[C@@H]3[C@H](NC(=O)Nc4ccccc4)C[C@@H]4C[C@H](N)CC[C@]4(C)[C@H]3C[C@H](NC(=O)Nc3ccccc3)[C@]12C. The number of nitrogens with two attached hydrogens (primary N) is 1. The summed E-state index contributed by atoms with van der Waals surface area (Å²) in [5.74, 6) is 1.65. The van der Waals surface area contributed by atoms with Crippen molar-refractivity contribution in [3.05, 3.63) is 60.7 Å². The highest BCUT2D eigenvalue weighted by Gasteiger charge is 2.66. The van der Waals surface area contributed by atoms with Crippen molar-refractivity contribution in [1.29, 1.82) is 0 Å². The zero-order chi connectivity index (χ0) is 34.1. The van der Waals surface area contributed by atoms with Gasteiger partial charge in [-0.15, -0.1) is 0 Å². The molecule has 0 aliphatic heterocycles. The topological polar surface area (TPSA) is 135 Å². The van der Waals surface area contributed by atoms with Crippen LogP contribution in [-0.4, -0.2) is 43.3 Å². The molecule has 4 aliphatic carbocycles. The summed E-state index contributed by atoms with van der Waals surface area (Å²) < 4.78 is 5.00. The van der Waals surface area contributed by atoms with Gasteiger partial charge in [0.15, 0.2) is 0 Å². The van der Waals surface area contributed by atoms with Gasteiger partial charge in [-0.05, 0) is 122 Å². The van der Waals surface area contributed by atoms with Gasteiger partial charge in [0.05, 0.1) is 7.11 Å². The molecule has 4 fully saturated rings. The van der Waals surface area contributed by atoms with Crippen LogP contribution in [0.15, 0.2) is 60.7 Å². The Labute approximate surface area is 285 Å². The summed E-state index contributed by atoms with van der Waals surface area (Å²) in [6, 6.07) is 19.0. The van der Waals surface area contributed by atoms with Crippen molar-refractivity contribution in [3.8, 4) is 0 Å². The highest BCUT2D eigenvalue weighted by molar-refractivity contribution is 5.90. The number of esters is 1. The van der Waals surface area contributed by atoms with E-state index in [1.54, 1.807) is 0 Å². The Morgan fingerprint density at radius 2 is 1.48 bits per heavy atom. The van der Waals surface area contributed by atoms with Crippen LogP contribution >= 0.6 is 0 Å². The quantitative estimate of drug-likeness (QED) is 0.192. The number of urea groups is 2. The van der Waals surface area contributed by atoms with Gasteiger partial charge in [0.1, 0.15) is 0 Å². The van der Waals surface area contributed by atoms with Crippen LogP contribution in [0.1, 0.15) is 78.6 Å². The molecule has 0 saturated heterocycles. The van der Waals surface area contributed by atoms with Crippen molar-refractivity contribution in [1.82, 2.24) is 10.6 Å². The van der Waals surface area contributed by atoms with E-state index < -0.39 is 0 Å². The van der Waals surface area contributed by atoms with Gasteiger partial charge in [-0.3, -0.25) is 4.79 Å². The first-order valence-corrected chi connectivity index (χ1v) is 18.1. The fourth-order valence-corrected chi connectivity index (χ4v) is 11.0. The van der Waals surface area contributed by atoms with Crippen LogP contribution in [0.4, 0.5) is 21.0 Å². The fourth-order valence-electron chi connectivity index (χ4n) is 11.0. The molecular formula is C39H55N5O4. The number of rotatable bonds is 8. The summed E-state index contributed by atoms with van der Waals surface area (Å²) in [5, 5.41) is 13.2. The number of para-hydroxylation sites is 2. The van der Waals surface area contributed by atoms with Crippen LogP contribution < -0.4 is 27.0 Å². The van der Waals surface area contributed by atoms with Gasteiger partial charge in [0, 0.05) is 35.9 Å². The largest absolute Gasteiger partial charge is 0.469 e. The summed E-state index contributed by atoms with van der Waals surface area (Å²) in [5.41, 5.74) is 7.98. The van der Waals surface area contributed by atoms with Crippen molar-refractivity contribution < 1.29 is 19.1 Å². The summed E-state index contributed by atoms with van der Waals surface area (Å²) in [7, 11) is 1.45. The number of hydrogen-bond acceptors (Lipinski definition) is 5. The predicted molar refractivity (Wildman–Crippen MR) is 189 cm³/mol. The smallest absolute Gasteiger partial charge is 0.319 e. The molecule has 9 nitrogen and oxygen atoms in total. The van der Waals surface area contributed by atoms with Crippen molar-refractivity contribution in [2.24, 2.45) is 52.1 Å². The zero-order valence-electron chi connectivity index (χ0n) is 29.0. The maximum atomic E-state index is 13.7. The van der Waals surface area contributed by atoms with E-state index in [4.69, 9.17) is 10.5 Å². The first-order chi connectivity index (χ1) is 23.0. The van der Waals surface area contributed by atoms with Gasteiger partial charge >= 0.3 is 18.0 Å². The minimum absolute atomic E-state index is 0.00497. The maximum Gasteiger partial charge on any atom is 0.319 e. The standard InChI is InChI=1S/C39H55N5O4/c1-24(15-18-34(45)48-4)29-16-17-30-35-31(23-33(39(29,30)3)44-37(47)42-28-13-9-6-10-14-28)38(2)20-19-26(40)21-25(38)22-32(35)43-36(46)41-27-11-7-5-8-12-27/h5-14,24-26,29-33,35H,15-23,40H2,1-4H3,(H2,41,43,46)(H2,42,44,47)/t24-,25+,26-,29-,30+,31+,32-,33+,35+,38+,39-/m1/s1. The van der Waals surface area contributed by atoms with Crippen LogP contribution in [0.2, 0.25) is 0 Å². The second kappa shape index (κ2) is 14.1. The minimum atomic E-state index is -0.227. The number of anilines is 2. The molecule has 260 valence electrons. The first-order valence-electron chi connectivity index (χ1n) is 18.1. The number of carbonyl (C=O) groups excluding carboxylic acids is 3. The maximum absolute atomic E-state index is 13.7.